The molecule has 2 heterocycles. The molecular formula is C15H13F2N3O2S. The predicted molar refractivity (Wildman–Crippen MR) is 80.4 cm³/mol. The molecule has 3 rings (SSSR count). The topological polar surface area (TPSA) is 63.5 Å². The van der Waals surface area contributed by atoms with E-state index in [0.717, 1.165) is 17.8 Å². The summed E-state index contributed by atoms with van der Waals surface area (Å²) in [5.41, 5.74) is 1.47. The van der Waals surface area contributed by atoms with Gasteiger partial charge in [0.2, 0.25) is 10.0 Å². The zero-order valence-corrected chi connectivity index (χ0v) is 12.7. The zero-order chi connectivity index (χ0) is 16.4. The predicted octanol–water partition coefficient (Wildman–Crippen LogP) is 2.13. The molecule has 0 amide bonds. The fraction of sp³-hybridized carbons (Fsp3) is 0.133. The molecule has 0 spiro atoms. The van der Waals surface area contributed by atoms with Crippen LogP contribution in [0.5, 0.6) is 0 Å². The molecule has 0 saturated carbocycles. The van der Waals surface area contributed by atoms with E-state index in [1.807, 2.05) is 28.8 Å². The van der Waals surface area contributed by atoms with E-state index in [1.165, 1.54) is 0 Å². The van der Waals surface area contributed by atoms with Crippen LogP contribution in [0.4, 0.5) is 8.78 Å². The molecule has 0 unspecified atom stereocenters. The van der Waals surface area contributed by atoms with Gasteiger partial charge >= 0.3 is 0 Å². The highest BCUT2D eigenvalue weighted by atomic mass is 32.2. The summed E-state index contributed by atoms with van der Waals surface area (Å²) < 4.78 is 54.6. The molecule has 0 radical (unpaired) electrons. The molecule has 2 aromatic heterocycles. The van der Waals surface area contributed by atoms with E-state index in [0.29, 0.717) is 18.2 Å². The number of benzene rings is 1. The third kappa shape index (κ3) is 3.38. The average molecular weight is 337 g/mol. The standard InChI is InChI=1S/C15H13F2N3O2S/c16-11-4-5-14(13(17)9-11)23(21,22)18-7-6-12-10-20-8-2-1-3-15(20)19-12/h1-5,8-10,18H,6-7H2. The molecule has 1 aromatic carbocycles. The van der Waals surface area contributed by atoms with Crippen LogP contribution < -0.4 is 4.72 Å². The first-order chi connectivity index (χ1) is 11.0. The minimum absolute atomic E-state index is 0.0586. The van der Waals surface area contributed by atoms with E-state index in [2.05, 4.69) is 9.71 Å². The summed E-state index contributed by atoms with van der Waals surface area (Å²) in [5, 5.41) is 0. The second kappa shape index (κ2) is 6.05. The normalized spacial score (nSPS) is 11.9. The second-order valence-corrected chi connectivity index (χ2v) is 6.66. The fourth-order valence-electron chi connectivity index (χ4n) is 2.19. The summed E-state index contributed by atoms with van der Waals surface area (Å²) in [6.07, 6.45) is 3.98. The minimum atomic E-state index is -4.03. The molecule has 23 heavy (non-hydrogen) atoms. The smallest absolute Gasteiger partial charge is 0.243 e. The van der Waals surface area contributed by atoms with E-state index >= 15 is 0 Å². The highest BCUT2D eigenvalue weighted by molar-refractivity contribution is 7.89. The molecule has 0 aliphatic rings. The largest absolute Gasteiger partial charge is 0.307 e. The van der Waals surface area contributed by atoms with Crippen molar-refractivity contribution in [2.45, 2.75) is 11.3 Å². The van der Waals surface area contributed by atoms with Crippen molar-refractivity contribution >= 4 is 15.7 Å². The lowest BCUT2D eigenvalue weighted by Crippen LogP contribution is -2.27. The lowest BCUT2D eigenvalue weighted by molar-refractivity contribution is 0.543. The van der Waals surface area contributed by atoms with Crippen LogP contribution in [-0.4, -0.2) is 24.3 Å². The van der Waals surface area contributed by atoms with Gasteiger partial charge in [-0.15, -0.1) is 0 Å². The zero-order valence-electron chi connectivity index (χ0n) is 11.9. The van der Waals surface area contributed by atoms with Crippen LogP contribution >= 0.6 is 0 Å². The molecule has 0 atom stereocenters. The van der Waals surface area contributed by atoms with Crippen LogP contribution in [0.2, 0.25) is 0 Å². The molecule has 0 fully saturated rings. The van der Waals surface area contributed by atoms with Gasteiger partial charge in [-0.1, -0.05) is 6.07 Å². The number of sulfonamides is 1. The first-order valence-electron chi connectivity index (χ1n) is 6.83. The third-order valence-electron chi connectivity index (χ3n) is 3.27. The second-order valence-electron chi connectivity index (χ2n) is 4.92. The van der Waals surface area contributed by atoms with E-state index in [9.17, 15) is 17.2 Å². The molecule has 5 nitrogen and oxygen atoms in total. The lowest BCUT2D eigenvalue weighted by atomic mass is 10.3. The number of nitrogens with one attached hydrogen (secondary N) is 1. The van der Waals surface area contributed by atoms with Crippen molar-refractivity contribution in [3.8, 4) is 0 Å². The number of imidazole rings is 1. The first-order valence-corrected chi connectivity index (χ1v) is 8.31. The molecule has 0 aliphatic carbocycles. The third-order valence-corrected chi connectivity index (χ3v) is 4.76. The number of aromatic nitrogens is 2. The lowest BCUT2D eigenvalue weighted by Gasteiger charge is -2.06. The first kappa shape index (κ1) is 15.6. The number of pyridine rings is 1. The Hall–Kier alpha value is -2.32. The van der Waals surface area contributed by atoms with Gasteiger partial charge in [0.25, 0.3) is 0 Å². The van der Waals surface area contributed by atoms with Crippen molar-refractivity contribution in [1.29, 1.82) is 0 Å². The number of hydrogen-bond donors (Lipinski definition) is 1. The van der Waals surface area contributed by atoms with Gasteiger partial charge in [-0.2, -0.15) is 0 Å². The molecule has 0 aliphatic heterocycles. The van der Waals surface area contributed by atoms with Crippen LogP contribution in [0, 0.1) is 11.6 Å². The Morgan fingerprint density at radius 3 is 2.74 bits per heavy atom. The number of nitrogens with zero attached hydrogens (tertiary/aromatic N) is 2. The number of halogens is 2. The molecule has 1 N–H and O–H groups in total. The van der Waals surface area contributed by atoms with Crippen molar-refractivity contribution in [3.05, 3.63) is 66.1 Å². The fourth-order valence-corrected chi connectivity index (χ4v) is 3.28. The Balaban J connectivity index is 1.69. The highest BCUT2D eigenvalue weighted by Gasteiger charge is 2.19. The van der Waals surface area contributed by atoms with Crippen molar-refractivity contribution < 1.29 is 17.2 Å². The summed E-state index contributed by atoms with van der Waals surface area (Å²) >= 11 is 0. The summed E-state index contributed by atoms with van der Waals surface area (Å²) in [7, 11) is -4.03. The molecule has 3 aromatic rings. The van der Waals surface area contributed by atoms with Gasteiger partial charge < -0.3 is 4.40 Å². The van der Waals surface area contributed by atoms with Crippen LogP contribution in [0.3, 0.4) is 0 Å². The van der Waals surface area contributed by atoms with E-state index < -0.39 is 26.6 Å². The minimum Gasteiger partial charge on any atom is -0.307 e. The van der Waals surface area contributed by atoms with Gasteiger partial charge in [0.05, 0.1) is 5.69 Å². The monoisotopic (exact) mass is 337 g/mol. The number of hydrogen-bond acceptors (Lipinski definition) is 3. The van der Waals surface area contributed by atoms with E-state index in [1.54, 1.807) is 6.20 Å². The van der Waals surface area contributed by atoms with Crippen LogP contribution in [-0.2, 0) is 16.4 Å². The Labute approximate surface area is 131 Å². The van der Waals surface area contributed by atoms with Gasteiger partial charge in [0, 0.05) is 31.4 Å². The number of rotatable bonds is 5. The van der Waals surface area contributed by atoms with Crippen molar-refractivity contribution in [2.24, 2.45) is 0 Å². The average Bonchev–Trinajstić information content (AvgIpc) is 2.89. The van der Waals surface area contributed by atoms with Crippen LogP contribution in [0.25, 0.3) is 5.65 Å². The molecular weight excluding hydrogens is 324 g/mol. The van der Waals surface area contributed by atoms with Crippen LogP contribution in [0.1, 0.15) is 5.69 Å². The molecule has 0 saturated heterocycles. The summed E-state index contributed by atoms with van der Waals surface area (Å²) in [6, 6.07) is 7.89. The van der Waals surface area contributed by atoms with Crippen molar-refractivity contribution in [3.63, 3.8) is 0 Å². The molecule has 0 bridgehead atoms. The molecule has 8 heteroatoms. The van der Waals surface area contributed by atoms with Crippen molar-refractivity contribution in [1.82, 2.24) is 14.1 Å². The van der Waals surface area contributed by atoms with Crippen molar-refractivity contribution in [2.75, 3.05) is 6.54 Å². The van der Waals surface area contributed by atoms with Crippen LogP contribution in [0.15, 0.2) is 53.7 Å². The maximum atomic E-state index is 13.6. The number of fused-ring (bicyclic) bond motifs is 1. The summed E-state index contributed by atoms with van der Waals surface area (Å²) in [4.78, 5) is 3.76. The summed E-state index contributed by atoms with van der Waals surface area (Å²) in [6.45, 7) is 0.0586. The van der Waals surface area contributed by atoms with Gasteiger partial charge in [-0.25, -0.2) is 26.9 Å². The Kier molecular flexibility index (Phi) is 4.10. The van der Waals surface area contributed by atoms with Gasteiger partial charge in [0.1, 0.15) is 22.2 Å². The van der Waals surface area contributed by atoms with Gasteiger partial charge in [-0.05, 0) is 24.3 Å². The van der Waals surface area contributed by atoms with E-state index in [4.69, 9.17) is 0 Å². The van der Waals surface area contributed by atoms with E-state index in [-0.39, 0.29) is 6.54 Å². The quantitative estimate of drug-likeness (QED) is 0.776. The summed E-state index contributed by atoms with van der Waals surface area (Å²) in [5.74, 6) is -1.95. The molecule has 120 valence electrons. The van der Waals surface area contributed by atoms with Gasteiger partial charge in [-0.3, -0.25) is 0 Å². The maximum Gasteiger partial charge on any atom is 0.243 e. The Bertz CT molecular complexity index is 921. The van der Waals surface area contributed by atoms with Gasteiger partial charge in [0.15, 0.2) is 0 Å². The Morgan fingerprint density at radius 1 is 1.17 bits per heavy atom. The maximum absolute atomic E-state index is 13.6. The highest BCUT2D eigenvalue weighted by Crippen LogP contribution is 2.15. The SMILES string of the molecule is O=S(=O)(NCCc1cn2ccccc2n1)c1ccc(F)cc1F. The Morgan fingerprint density at radius 2 is 2.00 bits per heavy atom.